The van der Waals surface area contributed by atoms with Gasteiger partial charge in [0.2, 0.25) is 5.69 Å². The van der Waals surface area contributed by atoms with Crippen molar-refractivity contribution in [1.82, 2.24) is 0 Å². The number of nitrogens with zero attached hydrogens (tertiary/aromatic N) is 1. The highest BCUT2D eigenvalue weighted by Crippen LogP contribution is 2.14. The van der Waals surface area contributed by atoms with E-state index in [4.69, 9.17) is 0 Å². The second-order valence-electron chi connectivity index (χ2n) is 3.39. The molecule has 1 heterocycles. The topological polar surface area (TPSA) is 3.01 Å². The number of allylic oxidation sites excluding steroid dienone is 1. The van der Waals surface area contributed by atoms with Crippen LogP contribution < -0.4 is 0 Å². The Kier molecular flexibility index (Phi) is 2.26. The molecule has 0 saturated heterocycles. The highest BCUT2D eigenvalue weighted by Gasteiger charge is 2.06. The Labute approximate surface area is 79.0 Å². The van der Waals surface area contributed by atoms with E-state index in [1.807, 2.05) is 0 Å². The average molecular weight is 172 g/mol. The van der Waals surface area contributed by atoms with Gasteiger partial charge < -0.3 is 0 Å². The van der Waals surface area contributed by atoms with Crippen LogP contribution in [0.4, 0.5) is 5.69 Å². The zero-order chi connectivity index (χ0) is 9.10. The molecule has 1 nitrogen and oxygen atoms in total. The summed E-state index contributed by atoms with van der Waals surface area (Å²) in [6, 6.07) is 8.60. The van der Waals surface area contributed by atoms with Crippen molar-refractivity contribution in [3.8, 4) is 0 Å². The summed E-state index contributed by atoms with van der Waals surface area (Å²) in [5.41, 5.74) is 2.56. The zero-order valence-electron chi connectivity index (χ0n) is 7.90. The number of hydrogen-bond donors (Lipinski definition) is 0. The van der Waals surface area contributed by atoms with E-state index >= 15 is 0 Å². The maximum atomic E-state index is 2.23. The number of hydrogen-bond acceptors (Lipinski definition) is 0. The van der Waals surface area contributed by atoms with Gasteiger partial charge >= 0.3 is 0 Å². The van der Waals surface area contributed by atoms with Gasteiger partial charge in [0.1, 0.15) is 0 Å². The lowest BCUT2D eigenvalue weighted by molar-refractivity contribution is -0.358. The fraction of sp³-hybridized carbons (Fsp3) is 0.250. The molecular formula is C12H14N+. The first-order valence-electron chi connectivity index (χ1n) is 4.71. The number of rotatable bonds is 1. The van der Waals surface area contributed by atoms with Crippen LogP contribution >= 0.6 is 0 Å². The van der Waals surface area contributed by atoms with E-state index in [2.05, 4.69) is 54.3 Å². The van der Waals surface area contributed by atoms with Gasteiger partial charge in [-0.25, -0.2) is 0 Å². The van der Waals surface area contributed by atoms with E-state index in [1.54, 1.807) is 0 Å². The monoisotopic (exact) mass is 172 g/mol. The molecule has 0 fully saturated rings. The van der Waals surface area contributed by atoms with Crippen molar-refractivity contribution >= 4 is 11.9 Å². The minimum atomic E-state index is 1.14. The van der Waals surface area contributed by atoms with Crippen molar-refractivity contribution in [2.75, 3.05) is 0 Å². The molecule has 1 heteroatoms. The summed E-state index contributed by atoms with van der Waals surface area (Å²) in [6.45, 7) is 2.11. The summed E-state index contributed by atoms with van der Waals surface area (Å²) >= 11 is 0. The van der Waals surface area contributed by atoms with Crippen LogP contribution in [0.15, 0.2) is 36.5 Å². The third kappa shape index (κ3) is 1.86. The van der Waals surface area contributed by atoms with Gasteiger partial charge in [-0.15, -0.1) is 0 Å². The van der Waals surface area contributed by atoms with Gasteiger partial charge in [0.25, 0.3) is 0 Å². The lowest BCUT2D eigenvalue weighted by Crippen LogP contribution is -2.02. The molecular weight excluding hydrogens is 158 g/mol. The van der Waals surface area contributed by atoms with Gasteiger partial charge in [-0.05, 0) is 19.4 Å². The van der Waals surface area contributed by atoms with Crippen molar-refractivity contribution in [2.45, 2.75) is 19.8 Å². The lowest BCUT2D eigenvalue weighted by Gasteiger charge is -2.00. The SMILES string of the molecule is Cc1ccc([N+]2=CCCC=C2)cc1. The van der Waals surface area contributed by atoms with Crippen LogP contribution in [0.1, 0.15) is 18.4 Å². The molecule has 0 spiro atoms. The standard InChI is InChI=1S/C12H14N/c1-11-5-7-12(8-6-11)13-9-3-2-4-10-13/h3,5-10H,2,4H2,1H3/q+1. The zero-order valence-corrected chi connectivity index (χ0v) is 7.90. The molecule has 0 aliphatic carbocycles. The van der Waals surface area contributed by atoms with E-state index in [-0.39, 0.29) is 0 Å². The van der Waals surface area contributed by atoms with Gasteiger partial charge in [0.15, 0.2) is 12.4 Å². The molecule has 1 aromatic carbocycles. The summed E-state index contributed by atoms with van der Waals surface area (Å²) in [5.74, 6) is 0. The molecule has 0 aromatic heterocycles. The second-order valence-corrected chi connectivity index (χ2v) is 3.39. The van der Waals surface area contributed by atoms with Crippen LogP contribution in [0.3, 0.4) is 0 Å². The fourth-order valence-electron chi connectivity index (χ4n) is 1.47. The minimum absolute atomic E-state index is 1.14. The quantitative estimate of drug-likeness (QED) is 0.573. The van der Waals surface area contributed by atoms with Crippen LogP contribution in [0.25, 0.3) is 0 Å². The summed E-state index contributed by atoms with van der Waals surface area (Å²) in [7, 11) is 0. The largest absolute Gasteiger partial charge is 0.210 e. The summed E-state index contributed by atoms with van der Waals surface area (Å²) < 4.78 is 2.18. The van der Waals surface area contributed by atoms with Crippen molar-refractivity contribution in [3.63, 3.8) is 0 Å². The van der Waals surface area contributed by atoms with E-state index in [9.17, 15) is 0 Å². The Morgan fingerprint density at radius 3 is 2.46 bits per heavy atom. The van der Waals surface area contributed by atoms with Gasteiger partial charge in [-0.1, -0.05) is 17.7 Å². The van der Waals surface area contributed by atoms with E-state index in [0.29, 0.717) is 0 Å². The Morgan fingerprint density at radius 2 is 1.85 bits per heavy atom. The number of aryl methyl sites for hydroxylation is 1. The van der Waals surface area contributed by atoms with Crippen molar-refractivity contribution in [1.29, 1.82) is 0 Å². The first kappa shape index (κ1) is 8.24. The summed E-state index contributed by atoms with van der Waals surface area (Å²) in [5, 5.41) is 0. The van der Waals surface area contributed by atoms with Crippen molar-refractivity contribution in [2.24, 2.45) is 0 Å². The predicted octanol–water partition coefficient (Wildman–Crippen LogP) is 3.02. The van der Waals surface area contributed by atoms with E-state index < -0.39 is 0 Å². The molecule has 0 amide bonds. The third-order valence-electron chi connectivity index (χ3n) is 2.26. The van der Waals surface area contributed by atoms with Crippen LogP contribution in [-0.4, -0.2) is 10.8 Å². The molecule has 0 bridgehead atoms. The van der Waals surface area contributed by atoms with Crippen LogP contribution in [-0.2, 0) is 0 Å². The Hall–Kier alpha value is -1.37. The lowest BCUT2D eigenvalue weighted by atomic mass is 10.2. The normalized spacial score (nSPS) is 15.6. The van der Waals surface area contributed by atoms with Gasteiger partial charge in [0, 0.05) is 18.6 Å². The van der Waals surface area contributed by atoms with Crippen LogP contribution in [0.5, 0.6) is 0 Å². The molecule has 0 radical (unpaired) electrons. The Balaban J connectivity index is 2.30. The number of benzene rings is 1. The van der Waals surface area contributed by atoms with Crippen LogP contribution in [0, 0.1) is 6.92 Å². The summed E-state index contributed by atoms with van der Waals surface area (Å²) in [6.07, 6.45) is 8.88. The highest BCUT2D eigenvalue weighted by molar-refractivity contribution is 5.55. The fourth-order valence-corrected chi connectivity index (χ4v) is 1.47. The second kappa shape index (κ2) is 3.56. The van der Waals surface area contributed by atoms with Gasteiger partial charge in [0.05, 0.1) is 0 Å². The maximum absolute atomic E-state index is 2.23. The Morgan fingerprint density at radius 1 is 1.08 bits per heavy atom. The maximum Gasteiger partial charge on any atom is 0.210 e. The molecule has 0 N–H and O–H groups in total. The van der Waals surface area contributed by atoms with E-state index in [1.165, 1.54) is 17.7 Å². The first-order valence-corrected chi connectivity index (χ1v) is 4.71. The molecule has 0 saturated carbocycles. The third-order valence-corrected chi connectivity index (χ3v) is 2.26. The molecule has 1 aliphatic heterocycles. The van der Waals surface area contributed by atoms with Gasteiger partial charge in [-0.3, -0.25) is 0 Å². The van der Waals surface area contributed by atoms with Crippen molar-refractivity contribution in [3.05, 3.63) is 42.1 Å². The van der Waals surface area contributed by atoms with Crippen molar-refractivity contribution < 1.29 is 4.58 Å². The Bertz CT molecular complexity index is 344. The highest BCUT2D eigenvalue weighted by atomic mass is 15.0. The summed E-state index contributed by atoms with van der Waals surface area (Å²) in [4.78, 5) is 0. The molecule has 0 atom stereocenters. The predicted molar refractivity (Wildman–Crippen MR) is 55.5 cm³/mol. The molecule has 1 aliphatic rings. The first-order chi connectivity index (χ1) is 6.36. The van der Waals surface area contributed by atoms with E-state index in [0.717, 1.165) is 6.42 Å². The molecule has 2 rings (SSSR count). The smallest absolute Gasteiger partial charge is 0.172 e. The molecule has 66 valence electrons. The molecule has 0 unspecified atom stereocenters. The molecule has 13 heavy (non-hydrogen) atoms. The average Bonchev–Trinajstić information content (AvgIpc) is 2.20. The minimum Gasteiger partial charge on any atom is -0.172 e. The molecule has 1 aromatic rings. The van der Waals surface area contributed by atoms with Crippen LogP contribution in [0.2, 0.25) is 0 Å². The van der Waals surface area contributed by atoms with Gasteiger partial charge in [-0.2, -0.15) is 4.58 Å².